The summed E-state index contributed by atoms with van der Waals surface area (Å²) in [7, 11) is 0. The Labute approximate surface area is 73.0 Å². The largest absolute Gasteiger partial charge is 0.356 e. The van der Waals surface area contributed by atoms with E-state index in [4.69, 9.17) is 5.73 Å². The van der Waals surface area contributed by atoms with Crippen LogP contribution in [-0.2, 0) is 6.42 Å². The fraction of sp³-hybridized carbons (Fsp3) is 0.400. The van der Waals surface area contributed by atoms with Gasteiger partial charge in [0, 0.05) is 12.2 Å². The topological polar surface area (TPSA) is 29.3 Å². The van der Waals surface area contributed by atoms with E-state index in [0.29, 0.717) is 0 Å². The second kappa shape index (κ2) is 2.79. The summed E-state index contributed by atoms with van der Waals surface area (Å²) in [6, 6.07) is 8.48. The molecule has 1 aliphatic heterocycles. The molecule has 0 amide bonds. The summed E-state index contributed by atoms with van der Waals surface area (Å²) in [5.41, 5.74) is 8.58. The highest BCUT2D eigenvalue weighted by molar-refractivity contribution is 5.58. The van der Waals surface area contributed by atoms with Crippen molar-refractivity contribution in [3.05, 3.63) is 29.8 Å². The Bertz CT molecular complexity index is 281. The highest BCUT2D eigenvalue weighted by atomic mass is 15.2. The number of nitrogens with zero attached hydrogens (tertiary/aromatic N) is 1. The molecule has 0 saturated carbocycles. The summed E-state index contributed by atoms with van der Waals surface area (Å²) < 4.78 is 0. The summed E-state index contributed by atoms with van der Waals surface area (Å²) in [4.78, 5) is 2.25. The smallest absolute Gasteiger partial charge is 0.0742 e. The zero-order chi connectivity index (χ0) is 8.55. The van der Waals surface area contributed by atoms with Crippen molar-refractivity contribution in [2.24, 2.45) is 5.73 Å². The minimum absolute atomic E-state index is 0.133. The molecule has 1 heterocycles. The highest BCUT2D eigenvalue weighted by Crippen LogP contribution is 2.27. The number of hydrogen-bond acceptors (Lipinski definition) is 2. The molecule has 0 radical (unpaired) electrons. The van der Waals surface area contributed by atoms with E-state index in [1.807, 2.05) is 6.92 Å². The molecule has 0 spiro atoms. The molecule has 2 N–H and O–H groups in total. The molecule has 2 heteroatoms. The van der Waals surface area contributed by atoms with Crippen molar-refractivity contribution in [1.82, 2.24) is 0 Å². The maximum atomic E-state index is 5.84. The van der Waals surface area contributed by atoms with Gasteiger partial charge < -0.3 is 10.6 Å². The van der Waals surface area contributed by atoms with Crippen LogP contribution in [0.4, 0.5) is 5.69 Å². The summed E-state index contributed by atoms with van der Waals surface area (Å²) in [5.74, 6) is 0. The molecule has 0 aromatic heterocycles. The molecular formula is C10H14N2. The molecule has 0 aliphatic carbocycles. The second-order valence-electron chi connectivity index (χ2n) is 3.31. The van der Waals surface area contributed by atoms with E-state index < -0.39 is 0 Å². The Balaban J connectivity index is 2.36. The van der Waals surface area contributed by atoms with Crippen LogP contribution in [0, 0.1) is 0 Å². The first-order valence-corrected chi connectivity index (χ1v) is 4.39. The van der Waals surface area contributed by atoms with Crippen LogP contribution in [0.5, 0.6) is 0 Å². The van der Waals surface area contributed by atoms with E-state index in [1.165, 1.54) is 11.3 Å². The molecule has 0 bridgehead atoms. The van der Waals surface area contributed by atoms with Crippen LogP contribution >= 0.6 is 0 Å². The van der Waals surface area contributed by atoms with Crippen molar-refractivity contribution < 1.29 is 0 Å². The molecule has 2 rings (SSSR count). The van der Waals surface area contributed by atoms with Crippen LogP contribution in [0.1, 0.15) is 12.5 Å². The predicted octanol–water partition coefficient (Wildman–Crippen LogP) is 1.35. The van der Waals surface area contributed by atoms with E-state index in [-0.39, 0.29) is 6.17 Å². The van der Waals surface area contributed by atoms with E-state index in [9.17, 15) is 0 Å². The monoisotopic (exact) mass is 162 g/mol. The first-order valence-electron chi connectivity index (χ1n) is 4.39. The predicted molar refractivity (Wildman–Crippen MR) is 51.1 cm³/mol. The zero-order valence-electron chi connectivity index (χ0n) is 7.33. The van der Waals surface area contributed by atoms with E-state index >= 15 is 0 Å². The molecule has 1 aromatic rings. The van der Waals surface area contributed by atoms with Crippen LogP contribution < -0.4 is 10.6 Å². The number of anilines is 1. The Kier molecular flexibility index (Phi) is 1.77. The van der Waals surface area contributed by atoms with Crippen molar-refractivity contribution in [3.8, 4) is 0 Å². The van der Waals surface area contributed by atoms with E-state index in [2.05, 4.69) is 29.2 Å². The third kappa shape index (κ3) is 1.08. The van der Waals surface area contributed by atoms with Gasteiger partial charge in [-0.25, -0.2) is 0 Å². The molecule has 1 aliphatic rings. The quantitative estimate of drug-likeness (QED) is 0.675. The molecule has 0 fully saturated rings. The minimum Gasteiger partial charge on any atom is -0.356 e. The molecule has 12 heavy (non-hydrogen) atoms. The van der Waals surface area contributed by atoms with Crippen LogP contribution in [0.3, 0.4) is 0 Å². The van der Waals surface area contributed by atoms with Crippen molar-refractivity contribution in [2.75, 3.05) is 11.4 Å². The Morgan fingerprint density at radius 3 is 2.92 bits per heavy atom. The number of nitrogens with two attached hydrogens (primary N) is 1. The SMILES string of the molecule is CC(N)N1CCc2ccccc21. The van der Waals surface area contributed by atoms with E-state index in [1.54, 1.807) is 0 Å². The molecule has 0 saturated heterocycles. The minimum atomic E-state index is 0.133. The van der Waals surface area contributed by atoms with Gasteiger partial charge in [-0.05, 0) is 25.0 Å². The van der Waals surface area contributed by atoms with Gasteiger partial charge in [-0.3, -0.25) is 0 Å². The van der Waals surface area contributed by atoms with Gasteiger partial charge >= 0.3 is 0 Å². The van der Waals surface area contributed by atoms with Crippen molar-refractivity contribution >= 4 is 5.69 Å². The van der Waals surface area contributed by atoms with Gasteiger partial charge in [0.05, 0.1) is 6.17 Å². The maximum absolute atomic E-state index is 5.84. The summed E-state index contributed by atoms with van der Waals surface area (Å²) in [6.07, 6.45) is 1.27. The average molecular weight is 162 g/mol. The second-order valence-corrected chi connectivity index (χ2v) is 3.31. The van der Waals surface area contributed by atoms with Crippen molar-refractivity contribution in [3.63, 3.8) is 0 Å². The van der Waals surface area contributed by atoms with Gasteiger partial charge in [0.1, 0.15) is 0 Å². The fourth-order valence-electron chi connectivity index (χ4n) is 1.79. The van der Waals surface area contributed by atoms with Crippen LogP contribution in [-0.4, -0.2) is 12.7 Å². The van der Waals surface area contributed by atoms with Gasteiger partial charge in [-0.15, -0.1) is 0 Å². The molecule has 2 nitrogen and oxygen atoms in total. The highest BCUT2D eigenvalue weighted by Gasteiger charge is 2.19. The molecule has 1 unspecified atom stereocenters. The molecule has 1 atom stereocenters. The Morgan fingerprint density at radius 2 is 2.17 bits per heavy atom. The Hall–Kier alpha value is -1.02. The first kappa shape index (κ1) is 7.62. The van der Waals surface area contributed by atoms with E-state index in [0.717, 1.165) is 13.0 Å². The third-order valence-electron chi connectivity index (χ3n) is 2.41. The molecule has 64 valence electrons. The van der Waals surface area contributed by atoms with Gasteiger partial charge in [-0.2, -0.15) is 0 Å². The lowest BCUT2D eigenvalue weighted by Gasteiger charge is -2.23. The third-order valence-corrected chi connectivity index (χ3v) is 2.41. The lowest BCUT2D eigenvalue weighted by atomic mass is 10.2. The lowest BCUT2D eigenvalue weighted by molar-refractivity contribution is 0.682. The first-order chi connectivity index (χ1) is 5.79. The standard InChI is InChI=1S/C10H14N2/c1-8(11)12-7-6-9-4-2-3-5-10(9)12/h2-5,8H,6-7,11H2,1H3. The Morgan fingerprint density at radius 1 is 1.42 bits per heavy atom. The van der Waals surface area contributed by atoms with Crippen LogP contribution in [0.15, 0.2) is 24.3 Å². The van der Waals surface area contributed by atoms with Gasteiger partial charge in [0.25, 0.3) is 0 Å². The average Bonchev–Trinajstić information content (AvgIpc) is 2.47. The summed E-state index contributed by atoms with van der Waals surface area (Å²) >= 11 is 0. The molecular weight excluding hydrogens is 148 g/mol. The van der Waals surface area contributed by atoms with Crippen LogP contribution in [0.2, 0.25) is 0 Å². The number of fused-ring (bicyclic) bond motifs is 1. The molecule has 1 aromatic carbocycles. The van der Waals surface area contributed by atoms with Crippen molar-refractivity contribution in [2.45, 2.75) is 19.5 Å². The maximum Gasteiger partial charge on any atom is 0.0742 e. The summed E-state index contributed by atoms with van der Waals surface area (Å²) in [6.45, 7) is 3.10. The fourth-order valence-corrected chi connectivity index (χ4v) is 1.79. The lowest BCUT2D eigenvalue weighted by Crippen LogP contribution is -2.38. The van der Waals surface area contributed by atoms with Gasteiger partial charge in [0.2, 0.25) is 0 Å². The normalized spacial score (nSPS) is 17.7. The van der Waals surface area contributed by atoms with Crippen molar-refractivity contribution in [1.29, 1.82) is 0 Å². The van der Waals surface area contributed by atoms with Crippen LogP contribution in [0.25, 0.3) is 0 Å². The number of para-hydroxylation sites is 1. The zero-order valence-corrected chi connectivity index (χ0v) is 7.33. The number of hydrogen-bond donors (Lipinski definition) is 1. The van der Waals surface area contributed by atoms with Gasteiger partial charge in [-0.1, -0.05) is 18.2 Å². The number of benzene rings is 1. The summed E-state index contributed by atoms with van der Waals surface area (Å²) in [5, 5.41) is 0. The van der Waals surface area contributed by atoms with Gasteiger partial charge in [0.15, 0.2) is 0 Å². The number of rotatable bonds is 1.